The van der Waals surface area contributed by atoms with Gasteiger partial charge in [-0.05, 0) is 36.6 Å². The molecule has 0 aliphatic heterocycles. The molecule has 1 saturated carbocycles. The Morgan fingerprint density at radius 1 is 1.23 bits per heavy atom. The van der Waals surface area contributed by atoms with Crippen LogP contribution in [0.15, 0.2) is 51.1 Å². The van der Waals surface area contributed by atoms with Crippen molar-refractivity contribution >= 4 is 11.8 Å². The molecule has 0 atom stereocenters. The molecule has 0 N–H and O–H groups in total. The van der Waals surface area contributed by atoms with Crippen LogP contribution in [0.1, 0.15) is 43.7 Å². The predicted molar refractivity (Wildman–Crippen MR) is 101 cm³/mol. The highest BCUT2D eigenvalue weighted by Gasteiger charge is 2.24. The van der Waals surface area contributed by atoms with Gasteiger partial charge in [-0.15, -0.1) is 10.2 Å². The SMILES string of the molecule is Cn1ccc(CSc2nnc(-c3ccco3)n2C2CCCCC2)cc1=O. The third-order valence-corrected chi connectivity index (χ3v) is 5.90. The van der Waals surface area contributed by atoms with Crippen LogP contribution in [0.5, 0.6) is 0 Å². The number of aryl methyl sites for hydroxylation is 1. The first-order valence-corrected chi connectivity index (χ1v) is 9.98. The van der Waals surface area contributed by atoms with Crippen molar-refractivity contribution in [1.82, 2.24) is 19.3 Å². The summed E-state index contributed by atoms with van der Waals surface area (Å²) in [6, 6.07) is 7.87. The summed E-state index contributed by atoms with van der Waals surface area (Å²) in [6.45, 7) is 0. The number of pyridine rings is 1. The molecule has 1 aliphatic rings. The van der Waals surface area contributed by atoms with Crippen LogP contribution < -0.4 is 5.56 Å². The van der Waals surface area contributed by atoms with Gasteiger partial charge in [-0.1, -0.05) is 31.0 Å². The normalized spacial score (nSPS) is 15.4. The van der Waals surface area contributed by atoms with Gasteiger partial charge in [-0.25, -0.2) is 0 Å². The molecule has 26 heavy (non-hydrogen) atoms. The molecule has 0 aromatic carbocycles. The second-order valence-electron chi connectivity index (χ2n) is 6.72. The predicted octanol–water partition coefficient (Wildman–Crippen LogP) is 4.03. The number of hydrogen-bond acceptors (Lipinski definition) is 5. The fourth-order valence-electron chi connectivity index (χ4n) is 3.44. The van der Waals surface area contributed by atoms with E-state index in [-0.39, 0.29) is 5.56 Å². The Balaban J connectivity index is 1.62. The quantitative estimate of drug-likeness (QED) is 0.634. The second-order valence-corrected chi connectivity index (χ2v) is 7.66. The van der Waals surface area contributed by atoms with Gasteiger partial charge in [0.25, 0.3) is 5.56 Å². The maximum Gasteiger partial charge on any atom is 0.250 e. The molecule has 4 rings (SSSR count). The Bertz CT molecular complexity index is 923. The summed E-state index contributed by atoms with van der Waals surface area (Å²) in [7, 11) is 1.76. The van der Waals surface area contributed by atoms with Crippen LogP contribution in [0.3, 0.4) is 0 Å². The molecule has 136 valence electrons. The standard InChI is InChI=1S/C19H22N4O2S/c1-22-10-9-14(12-17(22)24)13-26-19-21-20-18(16-8-5-11-25-16)23(19)15-6-3-2-4-7-15/h5,8-12,15H,2-4,6-7,13H2,1H3. The van der Waals surface area contributed by atoms with E-state index in [1.165, 1.54) is 19.3 Å². The van der Waals surface area contributed by atoms with E-state index < -0.39 is 0 Å². The lowest BCUT2D eigenvalue weighted by atomic mass is 9.95. The molecule has 7 heteroatoms. The van der Waals surface area contributed by atoms with E-state index in [2.05, 4.69) is 14.8 Å². The van der Waals surface area contributed by atoms with Crippen LogP contribution in [0, 0.1) is 0 Å². The molecule has 1 fully saturated rings. The first kappa shape index (κ1) is 17.1. The Labute approximate surface area is 156 Å². The largest absolute Gasteiger partial charge is 0.461 e. The second kappa shape index (κ2) is 7.53. The van der Waals surface area contributed by atoms with E-state index in [0.717, 1.165) is 35.1 Å². The third kappa shape index (κ3) is 3.49. The molecule has 6 nitrogen and oxygen atoms in total. The number of thioether (sulfide) groups is 1. The van der Waals surface area contributed by atoms with Crippen molar-refractivity contribution in [1.29, 1.82) is 0 Å². The van der Waals surface area contributed by atoms with Crippen LogP contribution in [0.2, 0.25) is 0 Å². The molecule has 0 bridgehead atoms. The van der Waals surface area contributed by atoms with E-state index in [1.807, 2.05) is 18.2 Å². The van der Waals surface area contributed by atoms with Crippen molar-refractivity contribution in [3.8, 4) is 11.6 Å². The van der Waals surface area contributed by atoms with E-state index in [1.54, 1.807) is 41.9 Å². The lowest BCUT2D eigenvalue weighted by Crippen LogP contribution is -2.15. The fourth-order valence-corrected chi connectivity index (χ4v) is 4.39. The van der Waals surface area contributed by atoms with Crippen molar-refractivity contribution in [3.63, 3.8) is 0 Å². The molecule has 0 saturated heterocycles. The van der Waals surface area contributed by atoms with Crippen molar-refractivity contribution in [3.05, 3.63) is 52.6 Å². The Kier molecular flexibility index (Phi) is 4.97. The topological polar surface area (TPSA) is 65.8 Å². The van der Waals surface area contributed by atoms with Gasteiger partial charge in [0.2, 0.25) is 5.82 Å². The monoisotopic (exact) mass is 370 g/mol. The van der Waals surface area contributed by atoms with Crippen molar-refractivity contribution < 1.29 is 4.42 Å². The van der Waals surface area contributed by atoms with Gasteiger partial charge in [-0.2, -0.15) is 0 Å². The summed E-state index contributed by atoms with van der Waals surface area (Å²) in [4.78, 5) is 11.8. The minimum absolute atomic E-state index is 0.00752. The highest BCUT2D eigenvalue weighted by molar-refractivity contribution is 7.98. The van der Waals surface area contributed by atoms with Crippen LogP contribution in [-0.2, 0) is 12.8 Å². The van der Waals surface area contributed by atoms with Gasteiger partial charge >= 0.3 is 0 Å². The smallest absolute Gasteiger partial charge is 0.250 e. The molecular weight excluding hydrogens is 348 g/mol. The molecule has 0 spiro atoms. The average Bonchev–Trinajstić information content (AvgIpc) is 3.32. The van der Waals surface area contributed by atoms with Crippen molar-refractivity contribution in [2.45, 2.75) is 49.1 Å². The van der Waals surface area contributed by atoms with E-state index in [0.29, 0.717) is 11.8 Å². The van der Waals surface area contributed by atoms with Crippen LogP contribution in [-0.4, -0.2) is 19.3 Å². The minimum atomic E-state index is 0.00752. The number of aromatic nitrogens is 4. The highest BCUT2D eigenvalue weighted by Crippen LogP contribution is 2.36. The number of nitrogens with zero attached hydrogens (tertiary/aromatic N) is 4. The molecule has 0 amide bonds. The van der Waals surface area contributed by atoms with Crippen LogP contribution in [0.4, 0.5) is 0 Å². The Hall–Kier alpha value is -2.28. The lowest BCUT2D eigenvalue weighted by Gasteiger charge is -2.25. The molecule has 1 aliphatic carbocycles. The first-order valence-electron chi connectivity index (χ1n) is 8.99. The van der Waals surface area contributed by atoms with Crippen LogP contribution >= 0.6 is 11.8 Å². The van der Waals surface area contributed by atoms with E-state index in [4.69, 9.17) is 4.42 Å². The van der Waals surface area contributed by atoms with Gasteiger partial charge in [-0.3, -0.25) is 9.36 Å². The van der Waals surface area contributed by atoms with Crippen molar-refractivity contribution in [2.24, 2.45) is 7.05 Å². The van der Waals surface area contributed by atoms with Gasteiger partial charge in [0.1, 0.15) is 0 Å². The number of furan rings is 1. The third-order valence-electron chi connectivity index (χ3n) is 4.88. The van der Waals surface area contributed by atoms with Gasteiger partial charge in [0, 0.05) is 31.1 Å². The minimum Gasteiger partial charge on any atom is -0.461 e. The lowest BCUT2D eigenvalue weighted by molar-refractivity contribution is 0.337. The van der Waals surface area contributed by atoms with Gasteiger partial charge in [0.05, 0.1) is 6.26 Å². The summed E-state index contributed by atoms with van der Waals surface area (Å²) in [5.41, 5.74) is 1.00. The Morgan fingerprint density at radius 3 is 2.81 bits per heavy atom. The molecule has 0 radical (unpaired) electrons. The summed E-state index contributed by atoms with van der Waals surface area (Å²) >= 11 is 1.63. The fraction of sp³-hybridized carbons (Fsp3) is 0.421. The summed E-state index contributed by atoms with van der Waals surface area (Å²) in [6.07, 6.45) is 9.53. The zero-order chi connectivity index (χ0) is 17.9. The number of hydrogen-bond donors (Lipinski definition) is 0. The summed E-state index contributed by atoms with van der Waals surface area (Å²) in [5.74, 6) is 2.25. The summed E-state index contributed by atoms with van der Waals surface area (Å²) in [5, 5.41) is 9.74. The zero-order valence-corrected chi connectivity index (χ0v) is 15.6. The van der Waals surface area contributed by atoms with E-state index in [9.17, 15) is 4.79 Å². The molecule has 0 unspecified atom stereocenters. The highest BCUT2D eigenvalue weighted by atomic mass is 32.2. The van der Waals surface area contributed by atoms with E-state index >= 15 is 0 Å². The molecule has 3 aromatic heterocycles. The van der Waals surface area contributed by atoms with Crippen LogP contribution in [0.25, 0.3) is 11.6 Å². The Morgan fingerprint density at radius 2 is 2.08 bits per heavy atom. The maximum absolute atomic E-state index is 11.8. The van der Waals surface area contributed by atoms with Gasteiger partial charge < -0.3 is 8.98 Å². The van der Waals surface area contributed by atoms with Crippen molar-refractivity contribution in [2.75, 3.05) is 0 Å². The molecular formula is C19H22N4O2S. The average molecular weight is 370 g/mol. The summed E-state index contributed by atoms with van der Waals surface area (Å²) < 4.78 is 9.40. The first-order chi connectivity index (χ1) is 12.7. The number of rotatable bonds is 5. The van der Waals surface area contributed by atoms with Gasteiger partial charge in [0.15, 0.2) is 10.9 Å². The molecule has 3 heterocycles. The maximum atomic E-state index is 11.8. The zero-order valence-electron chi connectivity index (χ0n) is 14.8. The molecule has 3 aromatic rings.